The molecule has 0 fully saturated rings. The smallest absolute Gasteiger partial charge is 0.315 e. The van der Waals surface area contributed by atoms with E-state index in [9.17, 15) is 4.79 Å². The summed E-state index contributed by atoms with van der Waals surface area (Å²) >= 11 is 1.61. The van der Waals surface area contributed by atoms with Crippen molar-refractivity contribution in [2.45, 2.75) is 26.8 Å². The van der Waals surface area contributed by atoms with Gasteiger partial charge in [-0.05, 0) is 26.0 Å². The first-order chi connectivity index (χ1) is 9.17. The van der Waals surface area contributed by atoms with Gasteiger partial charge in [-0.2, -0.15) is 0 Å². The molecule has 1 unspecified atom stereocenters. The number of benzene rings is 1. The number of esters is 1. The molecule has 0 aliphatic rings. The molecular formula is C15H23NO2S. The maximum atomic E-state index is 11.3. The molecule has 0 radical (unpaired) electrons. The summed E-state index contributed by atoms with van der Waals surface area (Å²) in [5.41, 5.74) is 2.53. The van der Waals surface area contributed by atoms with Gasteiger partial charge in [0.05, 0.1) is 12.4 Å². The standard InChI is InChI=1S/C15H23NO2S/c1-4-16-14(10-19-11-15(17)18-5-2)13-8-6-12(3)7-9-13/h6-9,14,16H,4-5,10-11H2,1-3H3. The number of thioether (sulfide) groups is 1. The van der Waals surface area contributed by atoms with Crippen LogP contribution in [0.4, 0.5) is 0 Å². The quantitative estimate of drug-likeness (QED) is 0.744. The molecule has 1 atom stereocenters. The van der Waals surface area contributed by atoms with E-state index in [1.807, 2.05) is 6.92 Å². The first-order valence-corrected chi connectivity index (χ1v) is 7.86. The van der Waals surface area contributed by atoms with Gasteiger partial charge in [-0.15, -0.1) is 11.8 Å². The van der Waals surface area contributed by atoms with Crippen LogP contribution in [0.3, 0.4) is 0 Å². The highest BCUT2D eigenvalue weighted by Gasteiger charge is 2.11. The predicted octanol–water partition coefficient (Wildman–Crippen LogP) is 2.94. The molecule has 106 valence electrons. The number of rotatable bonds is 8. The summed E-state index contributed by atoms with van der Waals surface area (Å²) in [4.78, 5) is 11.3. The number of ether oxygens (including phenoxy) is 1. The summed E-state index contributed by atoms with van der Waals surface area (Å²) in [5, 5.41) is 3.45. The zero-order chi connectivity index (χ0) is 14.1. The van der Waals surface area contributed by atoms with Gasteiger partial charge < -0.3 is 10.1 Å². The molecule has 0 aromatic heterocycles. The summed E-state index contributed by atoms with van der Waals surface area (Å²) in [5.74, 6) is 1.16. The van der Waals surface area contributed by atoms with Crippen molar-refractivity contribution in [1.29, 1.82) is 0 Å². The van der Waals surface area contributed by atoms with Gasteiger partial charge in [-0.3, -0.25) is 4.79 Å². The Labute approximate surface area is 120 Å². The number of aryl methyl sites for hydroxylation is 1. The van der Waals surface area contributed by atoms with Gasteiger partial charge in [0.25, 0.3) is 0 Å². The normalized spacial score (nSPS) is 12.2. The van der Waals surface area contributed by atoms with Gasteiger partial charge in [-0.1, -0.05) is 36.8 Å². The Balaban J connectivity index is 2.48. The average molecular weight is 281 g/mol. The van der Waals surface area contributed by atoms with Gasteiger partial charge in [-0.25, -0.2) is 0 Å². The Hall–Kier alpha value is -1.00. The number of nitrogens with one attached hydrogen (secondary N) is 1. The van der Waals surface area contributed by atoms with E-state index in [1.54, 1.807) is 11.8 Å². The fourth-order valence-corrected chi connectivity index (χ4v) is 2.69. The SMILES string of the molecule is CCNC(CSCC(=O)OCC)c1ccc(C)cc1. The van der Waals surface area contributed by atoms with Gasteiger partial charge in [0.15, 0.2) is 0 Å². The first kappa shape index (κ1) is 16.1. The Kier molecular flexibility index (Phi) is 7.60. The molecule has 19 heavy (non-hydrogen) atoms. The monoisotopic (exact) mass is 281 g/mol. The summed E-state index contributed by atoms with van der Waals surface area (Å²) in [6.07, 6.45) is 0. The van der Waals surface area contributed by atoms with Gasteiger partial charge in [0, 0.05) is 11.8 Å². The molecule has 0 aliphatic carbocycles. The highest BCUT2D eigenvalue weighted by atomic mass is 32.2. The minimum absolute atomic E-state index is 0.133. The number of carbonyl (C=O) groups is 1. The van der Waals surface area contributed by atoms with Crippen LogP contribution in [0, 0.1) is 6.92 Å². The number of carbonyl (C=O) groups excluding carboxylic acids is 1. The summed E-state index contributed by atoms with van der Waals surface area (Å²) in [7, 11) is 0. The number of hydrogen-bond donors (Lipinski definition) is 1. The van der Waals surface area contributed by atoms with Crippen LogP contribution in [0.1, 0.15) is 31.0 Å². The second-order valence-electron chi connectivity index (χ2n) is 4.34. The molecule has 0 saturated heterocycles. The van der Waals surface area contributed by atoms with E-state index >= 15 is 0 Å². The third kappa shape index (κ3) is 6.12. The molecule has 1 aromatic carbocycles. The zero-order valence-corrected chi connectivity index (χ0v) is 12.8. The molecule has 1 N–H and O–H groups in total. The van der Waals surface area contributed by atoms with Crippen molar-refractivity contribution in [3.63, 3.8) is 0 Å². The Bertz CT molecular complexity index is 378. The lowest BCUT2D eigenvalue weighted by atomic mass is 10.1. The zero-order valence-electron chi connectivity index (χ0n) is 11.9. The van der Waals surface area contributed by atoms with Crippen molar-refractivity contribution in [2.24, 2.45) is 0 Å². The van der Waals surface area contributed by atoms with Crippen molar-refractivity contribution >= 4 is 17.7 Å². The summed E-state index contributed by atoms with van der Waals surface area (Å²) < 4.78 is 4.92. The van der Waals surface area contributed by atoms with Crippen molar-refractivity contribution in [1.82, 2.24) is 5.32 Å². The Morgan fingerprint density at radius 3 is 2.58 bits per heavy atom. The Morgan fingerprint density at radius 2 is 2.00 bits per heavy atom. The molecule has 0 amide bonds. The largest absolute Gasteiger partial charge is 0.465 e. The number of hydrogen-bond acceptors (Lipinski definition) is 4. The fraction of sp³-hybridized carbons (Fsp3) is 0.533. The topological polar surface area (TPSA) is 38.3 Å². The summed E-state index contributed by atoms with van der Waals surface area (Å²) in [6.45, 7) is 7.38. The van der Waals surface area contributed by atoms with Crippen molar-refractivity contribution in [2.75, 3.05) is 24.7 Å². The second kappa shape index (κ2) is 8.99. The second-order valence-corrected chi connectivity index (χ2v) is 5.37. The predicted molar refractivity (Wildman–Crippen MR) is 81.6 cm³/mol. The van der Waals surface area contributed by atoms with E-state index in [2.05, 4.69) is 43.4 Å². The van der Waals surface area contributed by atoms with E-state index in [4.69, 9.17) is 4.74 Å². The first-order valence-electron chi connectivity index (χ1n) is 6.70. The van der Waals surface area contributed by atoms with E-state index < -0.39 is 0 Å². The van der Waals surface area contributed by atoms with Crippen molar-refractivity contribution in [3.8, 4) is 0 Å². The van der Waals surface area contributed by atoms with Gasteiger partial charge in [0.2, 0.25) is 0 Å². The van der Waals surface area contributed by atoms with E-state index in [-0.39, 0.29) is 12.0 Å². The molecule has 0 bridgehead atoms. The molecule has 0 heterocycles. The maximum absolute atomic E-state index is 11.3. The summed E-state index contributed by atoms with van der Waals surface area (Å²) in [6, 6.07) is 8.82. The fourth-order valence-electron chi connectivity index (χ4n) is 1.78. The molecular weight excluding hydrogens is 258 g/mol. The van der Waals surface area contributed by atoms with Crippen LogP contribution >= 0.6 is 11.8 Å². The molecule has 0 spiro atoms. The van der Waals surface area contributed by atoms with E-state index in [1.165, 1.54) is 11.1 Å². The minimum atomic E-state index is -0.133. The average Bonchev–Trinajstić information content (AvgIpc) is 2.39. The van der Waals surface area contributed by atoms with Crippen molar-refractivity contribution in [3.05, 3.63) is 35.4 Å². The van der Waals surface area contributed by atoms with Crippen molar-refractivity contribution < 1.29 is 9.53 Å². The third-order valence-corrected chi connectivity index (χ3v) is 3.75. The van der Waals surface area contributed by atoms with Crippen LogP contribution in [0.15, 0.2) is 24.3 Å². The van der Waals surface area contributed by atoms with Crippen LogP contribution in [0.25, 0.3) is 0 Å². The molecule has 0 aliphatic heterocycles. The highest BCUT2D eigenvalue weighted by molar-refractivity contribution is 7.99. The van der Waals surface area contributed by atoms with E-state index in [0.29, 0.717) is 12.4 Å². The van der Waals surface area contributed by atoms with Crippen LogP contribution in [0.5, 0.6) is 0 Å². The van der Waals surface area contributed by atoms with Gasteiger partial charge in [0.1, 0.15) is 0 Å². The molecule has 1 aromatic rings. The lowest BCUT2D eigenvalue weighted by Gasteiger charge is -2.18. The molecule has 4 heteroatoms. The molecule has 0 saturated carbocycles. The highest BCUT2D eigenvalue weighted by Crippen LogP contribution is 2.19. The van der Waals surface area contributed by atoms with Crippen LogP contribution in [-0.2, 0) is 9.53 Å². The molecule has 3 nitrogen and oxygen atoms in total. The maximum Gasteiger partial charge on any atom is 0.315 e. The van der Waals surface area contributed by atoms with Crippen LogP contribution < -0.4 is 5.32 Å². The van der Waals surface area contributed by atoms with Crippen LogP contribution in [0.2, 0.25) is 0 Å². The Morgan fingerprint density at radius 1 is 1.32 bits per heavy atom. The molecule has 1 rings (SSSR count). The van der Waals surface area contributed by atoms with E-state index in [0.717, 1.165) is 12.3 Å². The third-order valence-electron chi connectivity index (χ3n) is 2.74. The van der Waals surface area contributed by atoms with Crippen LogP contribution in [-0.4, -0.2) is 30.6 Å². The minimum Gasteiger partial charge on any atom is -0.465 e. The lowest BCUT2D eigenvalue weighted by Crippen LogP contribution is -2.23. The lowest BCUT2D eigenvalue weighted by molar-refractivity contribution is -0.139. The van der Waals surface area contributed by atoms with Gasteiger partial charge >= 0.3 is 5.97 Å².